The number of rotatable bonds is 4. The minimum atomic E-state index is 0.0238. The van der Waals surface area contributed by atoms with E-state index in [1.807, 2.05) is 32.2 Å². The minimum Gasteiger partial charge on any atom is -0.406 e. The van der Waals surface area contributed by atoms with Gasteiger partial charge in [0, 0.05) is 8.95 Å². The summed E-state index contributed by atoms with van der Waals surface area (Å²) in [6.45, 7) is 1.95. The number of para-hydroxylation sites is 1. The Morgan fingerprint density at radius 2 is 1.89 bits per heavy atom. The topological polar surface area (TPSA) is 63.0 Å². The molecule has 1 aromatic carbocycles. The first-order valence-corrected chi connectivity index (χ1v) is 6.92. The molecule has 5 nitrogen and oxygen atoms in total. The fraction of sp³-hybridized carbons (Fsp3) is 0.273. The lowest BCUT2D eigenvalue weighted by Gasteiger charge is -2.07. The van der Waals surface area contributed by atoms with E-state index in [1.165, 1.54) is 0 Å². The fourth-order valence-electron chi connectivity index (χ4n) is 1.31. The fourth-order valence-corrected chi connectivity index (χ4v) is 2.50. The van der Waals surface area contributed by atoms with Crippen LogP contribution in [0.2, 0.25) is 0 Å². The average molecular weight is 376 g/mol. The molecule has 96 valence electrons. The van der Waals surface area contributed by atoms with Gasteiger partial charge in [-0.1, -0.05) is 11.2 Å². The number of hydrogen-bond acceptors (Lipinski definition) is 5. The van der Waals surface area contributed by atoms with E-state index in [1.54, 1.807) is 0 Å². The maximum Gasteiger partial charge on any atom is 0.320 e. The number of anilines is 2. The summed E-state index contributed by atoms with van der Waals surface area (Å²) in [5, 5.41) is 14.0. The quantitative estimate of drug-likeness (QED) is 0.854. The molecule has 1 heterocycles. The number of hydrogen-bond donors (Lipinski definition) is 2. The predicted molar refractivity (Wildman–Crippen MR) is 76.9 cm³/mol. The van der Waals surface area contributed by atoms with Crippen LogP contribution in [0.15, 0.2) is 31.6 Å². The first-order chi connectivity index (χ1) is 8.61. The molecule has 2 N–H and O–H groups in total. The van der Waals surface area contributed by atoms with E-state index in [0.717, 1.165) is 14.6 Å². The Hall–Kier alpha value is -0.920. The molecule has 0 aliphatic carbocycles. The Bertz CT molecular complexity index is 523. The molecule has 1 atom stereocenters. The first kappa shape index (κ1) is 13.5. The lowest BCUT2D eigenvalue weighted by atomic mass is 10.3. The van der Waals surface area contributed by atoms with E-state index in [0.29, 0.717) is 11.9 Å². The van der Waals surface area contributed by atoms with Crippen LogP contribution in [0.1, 0.15) is 18.9 Å². The summed E-state index contributed by atoms with van der Waals surface area (Å²) in [6, 6.07) is 6.18. The number of halogens is 2. The predicted octanol–water partition coefficient (Wildman–Crippen LogP) is 3.62. The SMILES string of the molecule is CNC(C)c1nnc(Nc2c(Br)cccc2Br)o1. The average Bonchev–Trinajstić information content (AvgIpc) is 2.81. The second-order valence-electron chi connectivity index (χ2n) is 3.68. The van der Waals surface area contributed by atoms with Gasteiger partial charge in [-0.05, 0) is 58.0 Å². The third-order valence-corrected chi connectivity index (χ3v) is 3.76. The van der Waals surface area contributed by atoms with E-state index in [2.05, 4.69) is 52.7 Å². The Balaban J connectivity index is 2.21. The smallest absolute Gasteiger partial charge is 0.320 e. The van der Waals surface area contributed by atoms with Crippen molar-refractivity contribution >= 4 is 43.6 Å². The van der Waals surface area contributed by atoms with Crippen LogP contribution < -0.4 is 10.6 Å². The van der Waals surface area contributed by atoms with E-state index in [9.17, 15) is 0 Å². The second-order valence-corrected chi connectivity index (χ2v) is 5.39. The molecule has 0 spiro atoms. The second kappa shape index (κ2) is 5.81. The van der Waals surface area contributed by atoms with E-state index >= 15 is 0 Å². The molecule has 1 aromatic heterocycles. The van der Waals surface area contributed by atoms with Gasteiger partial charge in [0.25, 0.3) is 0 Å². The van der Waals surface area contributed by atoms with Crippen molar-refractivity contribution in [3.8, 4) is 0 Å². The Labute approximate surface area is 122 Å². The number of nitrogens with zero attached hydrogens (tertiary/aromatic N) is 2. The van der Waals surface area contributed by atoms with Gasteiger partial charge in [0.2, 0.25) is 5.89 Å². The van der Waals surface area contributed by atoms with E-state index in [-0.39, 0.29) is 6.04 Å². The molecule has 2 aromatic rings. The van der Waals surface area contributed by atoms with E-state index in [4.69, 9.17) is 4.42 Å². The van der Waals surface area contributed by atoms with Crippen LogP contribution in [-0.2, 0) is 0 Å². The normalized spacial score (nSPS) is 12.4. The van der Waals surface area contributed by atoms with Crippen molar-refractivity contribution in [2.45, 2.75) is 13.0 Å². The largest absolute Gasteiger partial charge is 0.406 e. The number of aromatic nitrogens is 2. The Kier molecular flexibility index (Phi) is 4.36. The van der Waals surface area contributed by atoms with Gasteiger partial charge in [0.15, 0.2) is 0 Å². The van der Waals surface area contributed by atoms with Crippen molar-refractivity contribution < 1.29 is 4.42 Å². The molecular weight excluding hydrogens is 364 g/mol. The standard InChI is InChI=1S/C11H12Br2N4O/c1-6(14-2)10-16-17-11(18-10)15-9-7(12)4-3-5-8(9)13/h3-6,14H,1-2H3,(H,15,17). The van der Waals surface area contributed by atoms with Gasteiger partial charge in [-0.15, -0.1) is 5.10 Å². The zero-order valence-electron chi connectivity index (χ0n) is 9.87. The summed E-state index contributed by atoms with van der Waals surface area (Å²) < 4.78 is 7.34. The lowest BCUT2D eigenvalue weighted by Crippen LogP contribution is -2.12. The van der Waals surface area contributed by atoms with Gasteiger partial charge in [0.1, 0.15) is 0 Å². The van der Waals surface area contributed by atoms with Crippen molar-refractivity contribution in [1.82, 2.24) is 15.5 Å². The van der Waals surface area contributed by atoms with Crippen LogP contribution in [0.5, 0.6) is 0 Å². The van der Waals surface area contributed by atoms with Gasteiger partial charge in [-0.3, -0.25) is 0 Å². The molecule has 0 saturated heterocycles. The number of nitrogens with one attached hydrogen (secondary N) is 2. The highest BCUT2D eigenvalue weighted by Crippen LogP contribution is 2.32. The summed E-state index contributed by atoms with van der Waals surface area (Å²) in [4.78, 5) is 0. The molecule has 0 saturated carbocycles. The minimum absolute atomic E-state index is 0.0238. The third-order valence-electron chi connectivity index (χ3n) is 2.44. The van der Waals surface area contributed by atoms with Gasteiger partial charge < -0.3 is 15.1 Å². The van der Waals surface area contributed by atoms with Crippen LogP contribution >= 0.6 is 31.9 Å². The van der Waals surface area contributed by atoms with Gasteiger partial charge in [0.05, 0.1) is 11.7 Å². The molecule has 0 radical (unpaired) electrons. The van der Waals surface area contributed by atoms with Gasteiger partial charge >= 0.3 is 6.01 Å². The van der Waals surface area contributed by atoms with Crippen LogP contribution in [0.25, 0.3) is 0 Å². The van der Waals surface area contributed by atoms with Crippen LogP contribution in [-0.4, -0.2) is 17.2 Å². The zero-order valence-corrected chi connectivity index (χ0v) is 13.0. The highest BCUT2D eigenvalue weighted by molar-refractivity contribution is 9.11. The molecule has 1 unspecified atom stereocenters. The van der Waals surface area contributed by atoms with Crippen molar-refractivity contribution in [3.63, 3.8) is 0 Å². The third kappa shape index (κ3) is 2.90. The first-order valence-electron chi connectivity index (χ1n) is 5.33. The summed E-state index contributed by atoms with van der Waals surface area (Å²) in [6.07, 6.45) is 0. The summed E-state index contributed by atoms with van der Waals surface area (Å²) in [5.74, 6) is 0.545. The molecular formula is C11H12Br2N4O. The summed E-state index contributed by atoms with van der Waals surface area (Å²) >= 11 is 6.92. The van der Waals surface area contributed by atoms with Crippen LogP contribution in [0, 0.1) is 0 Å². The van der Waals surface area contributed by atoms with Crippen molar-refractivity contribution in [3.05, 3.63) is 33.0 Å². The van der Waals surface area contributed by atoms with Crippen LogP contribution in [0.3, 0.4) is 0 Å². The molecule has 2 rings (SSSR count). The van der Waals surface area contributed by atoms with E-state index < -0.39 is 0 Å². The lowest BCUT2D eigenvalue weighted by molar-refractivity contribution is 0.443. The molecule has 7 heteroatoms. The maximum atomic E-state index is 5.51. The summed E-state index contributed by atoms with van der Waals surface area (Å²) in [5.41, 5.74) is 0.852. The zero-order chi connectivity index (χ0) is 13.1. The highest BCUT2D eigenvalue weighted by atomic mass is 79.9. The molecule has 0 fully saturated rings. The molecule has 0 bridgehead atoms. The van der Waals surface area contributed by atoms with Crippen LogP contribution in [0.4, 0.5) is 11.7 Å². The van der Waals surface area contributed by atoms with Crippen molar-refractivity contribution in [1.29, 1.82) is 0 Å². The monoisotopic (exact) mass is 374 g/mol. The number of benzene rings is 1. The molecule has 0 aliphatic rings. The van der Waals surface area contributed by atoms with Crippen molar-refractivity contribution in [2.24, 2.45) is 0 Å². The molecule has 0 aliphatic heterocycles. The molecule has 0 amide bonds. The van der Waals surface area contributed by atoms with Gasteiger partial charge in [-0.2, -0.15) is 0 Å². The molecule has 18 heavy (non-hydrogen) atoms. The van der Waals surface area contributed by atoms with Gasteiger partial charge in [-0.25, -0.2) is 0 Å². The van der Waals surface area contributed by atoms with Crippen molar-refractivity contribution in [2.75, 3.05) is 12.4 Å². The Morgan fingerprint density at radius 1 is 1.22 bits per heavy atom. The summed E-state index contributed by atoms with van der Waals surface area (Å²) in [7, 11) is 1.84. The maximum absolute atomic E-state index is 5.51. The Morgan fingerprint density at radius 3 is 2.50 bits per heavy atom. The highest BCUT2D eigenvalue weighted by Gasteiger charge is 2.13.